The molecule has 1 aliphatic rings. The molecule has 0 amide bonds. The molecule has 3 rings (SSSR count). The van der Waals surface area contributed by atoms with E-state index in [9.17, 15) is 4.79 Å². The van der Waals surface area contributed by atoms with Gasteiger partial charge in [-0.3, -0.25) is 0 Å². The van der Waals surface area contributed by atoms with Gasteiger partial charge in [0, 0.05) is 13.0 Å². The van der Waals surface area contributed by atoms with E-state index in [0.29, 0.717) is 11.5 Å². The molecule has 0 bridgehead atoms. The van der Waals surface area contributed by atoms with Crippen molar-refractivity contribution < 1.29 is 14.3 Å². The number of rotatable bonds is 4. The van der Waals surface area contributed by atoms with Crippen LogP contribution in [0.15, 0.2) is 21.9 Å². The van der Waals surface area contributed by atoms with Crippen molar-refractivity contribution in [3.05, 3.63) is 29.5 Å². The van der Waals surface area contributed by atoms with Gasteiger partial charge < -0.3 is 14.1 Å². The van der Waals surface area contributed by atoms with Crippen LogP contribution in [0.2, 0.25) is 0 Å². The molecule has 6 nitrogen and oxygen atoms in total. The second kappa shape index (κ2) is 5.70. The van der Waals surface area contributed by atoms with Gasteiger partial charge in [0.2, 0.25) is 0 Å². The number of carbonyl (C=O) groups is 1. The van der Waals surface area contributed by atoms with Crippen LogP contribution in [-0.2, 0) is 18.7 Å². The molecule has 0 unspecified atom stereocenters. The number of aryl methyl sites for hydroxylation is 1. The monoisotopic (exact) mass is 293 g/mol. The van der Waals surface area contributed by atoms with Gasteiger partial charge in [0.1, 0.15) is 17.8 Å². The molecule has 0 spiro atoms. The van der Waals surface area contributed by atoms with Gasteiger partial charge >= 0.3 is 5.97 Å². The van der Waals surface area contributed by atoms with Gasteiger partial charge in [-0.15, -0.1) is 10.2 Å². The van der Waals surface area contributed by atoms with Crippen LogP contribution in [0.3, 0.4) is 0 Å². The van der Waals surface area contributed by atoms with Crippen LogP contribution in [0.4, 0.5) is 0 Å². The highest BCUT2D eigenvalue weighted by molar-refractivity contribution is 7.98. The quantitative estimate of drug-likeness (QED) is 0.873. The van der Waals surface area contributed by atoms with Crippen molar-refractivity contribution in [1.29, 1.82) is 0 Å². The molecule has 2 aromatic heterocycles. The standard InChI is InChI=1S/C13H15N3O3S/c17-12(18)9-6-10(19-7-9)8-20-13-15-14-11-4-2-1-3-5-16(11)13/h6-7H,1-5,8H2,(H,17,18). The van der Waals surface area contributed by atoms with Crippen LogP contribution in [-0.4, -0.2) is 25.8 Å². The topological polar surface area (TPSA) is 81.2 Å². The van der Waals surface area contributed by atoms with E-state index >= 15 is 0 Å². The van der Waals surface area contributed by atoms with E-state index in [4.69, 9.17) is 9.52 Å². The summed E-state index contributed by atoms with van der Waals surface area (Å²) in [6.45, 7) is 0.962. The van der Waals surface area contributed by atoms with Crippen molar-refractivity contribution in [1.82, 2.24) is 14.8 Å². The van der Waals surface area contributed by atoms with Crippen LogP contribution < -0.4 is 0 Å². The highest BCUT2D eigenvalue weighted by Crippen LogP contribution is 2.25. The molecule has 7 heteroatoms. The molecule has 3 heterocycles. The average Bonchev–Trinajstić information content (AvgIpc) is 2.98. The second-order valence-electron chi connectivity index (χ2n) is 4.76. The number of aromatic nitrogens is 3. The average molecular weight is 293 g/mol. The summed E-state index contributed by atoms with van der Waals surface area (Å²) in [7, 11) is 0. The van der Waals surface area contributed by atoms with Crippen LogP contribution in [0.25, 0.3) is 0 Å². The van der Waals surface area contributed by atoms with Crippen molar-refractivity contribution in [3.8, 4) is 0 Å². The summed E-state index contributed by atoms with van der Waals surface area (Å²) in [6.07, 6.45) is 5.80. The number of aromatic carboxylic acids is 1. The molecule has 2 aromatic rings. The van der Waals surface area contributed by atoms with E-state index in [-0.39, 0.29) is 5.56 Å². The van der Waals surface area contributed by atoms with Crippen molar-refractivity contribution in [2.75, 3.05) is 0 Å². The summed E-state index contributed by atoms with van der Waals surface area (Å²) in [4.78, 5) is 10.8. The number of hydrogen-bond donors (Lipinski definition) is 1. The highest BCUT2D eigenvalue weighted by atomic mass is 32.2. The van der Waals surface area contributed by atoms with Crippen molar-refractivity contribution in [2.24, 2.45) is 0 Å². The summed E-state index contributed by atoms with van der Waals surface area (Å²) in [5.74, 6) is 1.28. The third-order valence-electron chi connectivity index (χ3n) is 3.32. The van der Waals surface area contributed by atoms with Crippen molar-refractivity contribution in [3.63, 3.8) is 0 Å². The molecule has 0 aromatic carbocycles. The lowest BCUT2D eigenvalue weighted by Crippen LogP contribution is -2.02. The van der Waals surface area contributed by atoms with Crippen LogP contribution in [0, 0.1) is 0 Å². The van der Waals surface area contributed by atoms with E-state index < -0.39 is 5.97 Å². The van der Waals surface area contributed by atoms with E-state index in [2.05, 4.69) is 14.8 Å². The van der Waals surface area contributed by atoms with Crippen LogP contribution >= 0.6 is 11.8 Å². The number of furan rings is 1. The molecule has 0 atom stereocenters. The Balaban J connectivity index is 1.69. The number of carboxylic acids is 1. The van der Waals surface area contributed by atoms with Crippen molar-refractivity contribution >= 4 is 17.7 Å². The van der Waals surface area contributed by atoms with Gasteiger partial charge in [-0.05, 0) is 18.9 Å². The maximum atomic E-state index is 10.8. The number of nitrogens with zero attached hydrogens (tertiary/aromatic N) is 3. The first-order valence-corrected chi connectivity index (χ1v) is 7.58. The minimum absolute atomic E-state index is 0.181. The third kappa shape index (κ3) is 2.72. The molecule has 20 heavy (non-hydrogen) atoms. The lowest BCUT2D eigenvalue weighted by molar-refractivity contribution is 0.0696. The maximum absolute atomic E-state index is 10.8. The predicted octanol–water partition coefficient (Wildman–Crippen LogP) is 2.59. The maximum Gasteiger partial charge on any atom is 0.338 e. The first-order valence-electron chi connectivity index (χ1n) is 6.59. The third-order valence-corrected chi connectivity index (χ3v) is 4.31. The number of carboxylic acid groups (broad SMARTS) is 1. The van der Waals surface area contributed by atoms with E-state index in [1.54, 1.807) is 6.07 Å². The lowest BCUT2D eigenvalue weighted by atomic mass is 10.2. The predicted molar refractivity (Wildman–Crippen MR) is 72.8 cm³/mol. The Morgan fingerprint density at radius 2 is 2.30 bits per heavy atom. The molecule has 0 aliphatic carbocycles. The Hall–Kier alpha value is -1.76. The Morgan fingerprint density at radius 1 is 1.40 bits per heavy atom. The first-order chi connectivity index (χ1) is 9.74. The van der Waals surface area contributed by atoms with Gasteiger partial charge in [0.15, 0.2) is 5.16 Å². The minimum Gasteiger partial charge on any atom is -0.478 e. The fraction of sp³-hybridized carbons (Fsp3) is 0.462. The number of hydrogen-bond acceptors (Lipinski definition) is 5. The first kappa shape index (κ1) is 13.2. The molecule has 1 N–H and O–H groups in total. The summed E-state index contributed by atoms with van der Waals surface area (Å²) in [6, 6.07) is 1.55. The highest BCUT2D eigenvalue weighted by Gasteiger charge is 2.16. The zero-order valence-corrected chi connectivity index (χ0v) is 11.7. The Morgan fingerprint density at radius 3 is 3.10 bits per heavy atom. The Bertz CT molecular complexity index is 620. The Labute approximate surface area is 120 Å². The molecule has 106 valence electrons. The lowest BCUT2D eigenvalue weighted by Gasteiger charge is -2.05. The van der Waals surface area contributed by atoms with E-state index in [1.165, 1.54) is 30.9 Å². The second-order valence-corrected chi connectivity index (χ2v) is 5.70. The molecule has 0 saturated carbocycles. The van der Waals surface area contributed by atoms with Gasteiger partial charge in [0.05, 0.1) is 11.3 Å². The smallest absolute Gasteiger partial charge is 0.338 e. The van der Waals surface area contributed by atoms with Gasteiger partial charge in [-0.1, -0.05) is 18.2 Å². The van der Waals surface area contributed by atoms with Crippen molar-refractivity contribution in [2.45, 2.75) is 43.1 Å². The molecule has 0 saturated heterocycles. The minimum atomic E-state index is -0.971. The summed E-state index contributed by atoms with van der Waals surface area (Å²) in [5, 5.41) is 18.2. The molecule has 0 radical (unpaired) electrons. The molecule has 0 fully saturated rings. The fourth-order valence-corrected chi connectivity index (χ4v) is 3.14. The Kier molecular flexibility index (Phi) is 3.77. The van der Waals surface area contributed by atoms with E-state index in [1.807, 2.05) is 0 Å². The fourth-order valence-electron chi connectivity index (χ4n) is 2.27. The SMILES string of the molecule is O=C(O)c1coc(CSc2nnc3n2CCCCC3)c1. The zero-order valence-electron chi connectivity index (χ0n) is 10.9. The van der Waals surface area contributed by atoms with Crippen LogP contribution in [0.1, 0.15) is 41.2 Å². The number of thioether (sulfide) groups is 1. The summed E-state index contributed by atoms with van der Waals surface area (Å²) >= 11 is 1.53. The number of fused-ring (bicyclic) bond motifs is 1. The normalized spacial score (nSPS) is 14.8. The van der Waals surface area contributed by atoms with Gasteiger partial charge in [0.25, 0.3) is 0 Å². The summed E-state index contributed by atoms with van der Waals surface area (Å²) in [5.41, 5.74) is 0.181. The van der Waals surface area contributed by atoms with Gasteiger partial charge in [-0.25, -0.2) is 4.79 Å². The van der Waals surface area contributed by atoms with E-state index in [0.717, 1.165) is 30.4 Å². The molecular weight excluding hydrogens is 278 g/mol. The van der Waals surface area contributed by atoms with Crippen LogP contribution in [0.5, 0.6) is 0 Å². The van der Waals surface area contributed by atoms with Gasteiger partial charge in [-0.2, -0.15) is 0 Å². The largest absolute Gasteiger partial charge is 0.478 e. The molecular formula is C13H15N3O3S. The molecule has 1 aliphatic heterocycles. The summed E-state index contributed by atoms with van der Waals surface area (Å²) < 4.78 is 7.40. The zero-order chi connectivity index (χ0) is 13.9.